The molecule has 0 aliphatic heterocycles. The first-order valence-corrected chi connectivity index (χ1v) is 21.0. The van der Waals surface area contributed by atoms with Crippen molar-refractivity contribution in [1.29, 1.82) is 0 Å². The van der Waals surface area contributed by atoms with Crippen LogP contribution >= 0.6 is 21.2 Å². The smallest absolute Gasteiger partial charge is 0.497 e. The molecule has 3 unspecified atom stereocenters. The van der Waals surface area contributed by atoms with Crippen LogP contribution < -0.4 is 18.3 Å². The van der Waals surface area contributed by atoms with Gasteiger partial charge < -0.3 is 4.74 Å². The molecule has 3 atom stereocenters. The zero-order valence-corrected chi connectivity index (χ0v) is 32.0. The van der Waals surface area contributed by atoms with Crippen LogP contribution in [0.15, 0.2) is 112 Å². The molecule has 0 amide bonds. The van der Waals surface area contributed by atoms with E-state index in [2.05, 4.69) is 15.3 Å². The summed E-state index contributed by atoms with van der Waals surface area (Å²) in [5, 5.41) is 13.3. The van der Waals surface area contributed by atoms with Crippen LogP contribution in [0.5, 0.6) is 23.0 Å². The molecule has 0 aliphatic carbocycles. The summed E-state index contributed by atoms with van der Waals surface area (Å²) in [7, 11) is 2.81. The molecule has 4 aromatic rings. The van der Waals surface area contributed by atoms with Gasteiger partial charge in [-0.15, -0.1) is 15.3 Å². The third kappa shape index (κ3) is 11.9. The van der Waals surface area contributed by atoms with E-state index in [1.807, 2.05) is 104 Å². The quantitative estimate of drug-likeness (QED) is 0.0632. The summed E-state index contributed by atoms with van der Waals surface area (Å²) < 4.78 is 27.8. The van der Waals surface area contributed by atoms with Crippen LogP contribution in [0.25, 0.3) is 0 Å². The van der Waals surface area contributed by atoms with Gasteiger partial charge in [0.1, 0.15) is 5.75 Å². The Balaban J connectivity index is 1.22. The van der Waals surface area contributed by atoms with E-state index in [0.717, 1.165) is 33.8 Å². The molecule has 4 aromatic carbocycles. The second kappa shape index (κ2) is 18.6. The molecule has 0 spiro atoms. The van der Waals surface area contributed by atoms with Gasteiger partial charge >= 0.3 is 21.2 Å². The Morgan fingerprint density at radius 2 is 0.750 bits per heavy atom. The molecule has 0 heterocycles. The van der Waals surface area contributed by atoms with Crippen LogP contribution in [-0.2, 0) is 35.4 Å². The largest absolute Gasteiger partial charge is 0.540 e. The molecule has 0 radical (unpaired) electrons. The summed E-state index contributed by atoms with van der Waals surface area (Å²) in [5.41, 5.74) is 3.84. The second-order valence-electron chi connectivity index (χ2n) is 9.91. The van der Waals surface area contributed by atoms with Gasteiger partial charge in [0, 0.05) is 0 Å². The summed E-state index contributed by atoms with van der Waals surface area (Å²) >= 11 is 16.6. The van der Waals surface area contributed by atoms with E-state index in [-0.39, 0.29) is 0 Å². The third-order valence-electron chi connectivity index (χ3n) is 6.28. The van der Waals surface area contributed by atoms with Gasteiger partial charge in [0.15, 0.2) is 17.2 Å². The molecule has 246 valence electrons. The van der Waals surface area contributed by atoms with Gasteiger partial charge in [-0.25, -0.2) is 0 Å². The number of aryl methyl sites for hydroxylation is 1. The number of ether oxygens (including phenoxy) is 1. The number of methoxy groups -OCH3 is 1. The topological polar surface area (TPSA) is 83.7 Å². The number of hydrogen-bond donors (Lipinski definition) is 0. The Labute approximate surface area is 299 Å². The van der Waals surface area contributed by atoms with Crippen molar-refractivity contribution in [2.24, 2.45) is 15.3 Å². The van der Waals surface area contributed by atoms with Gasteiger partial charge in [0.05, 0.1) is 46.9 Å². The van der Waals surface area contributed by atoms with Gasteiger partial charge in [-0.2, -0.15) is 0 Å². The zero-order chi connectivity index (χ0) is 34.5. The standard InChI is InChI=1S/C32H34N6O4P3S3/c1-25-6-14-30(15-7-25)40-43(46)36(2)34-23-27-10-18-32(19-11-27)42-45(48)38(4)35-24-28-12-20-31(21-13-28)41-44(47)37(3)33-22-26-8-16-29(39-5)17-9-26/h6-24H,1-5H3/q+3/b33-22+,34-23+,35-24+. The number of hydrogen-bond acceptors (Lipinski definition) is 10. The predicted molar refractivity (Wildman–Crippen MR) is 208 cm³/mol. The van der Waals surface area contributed by atoms with Crippen molar-refractivity contribution in [1.82, 2.24) is 14.3 Å². The first kappa shape index (κ1) is 36.9. The van der Waals surface area contributed by atoms with E-state index in [1.54, 1.807) is 61.2 Å². The van der Waals surface area contributed by atoms with Gasteiger partial charge in [-0.05, 0) is 109 Å². The van der Waals surface area contributed by atoms with E-state index in [0.29, 0.717) is 11.5 Å². The molecule has 0 fully saturated rings. The van der Waals surface area contributed by atoms with Crippen LogP contribution in [0.4, 0.5) is 0 Å². The van der Waals surface area contributed by atoms with Gasteiger partial charge in [0.25, 0.3) is 0 Å². The molecule has 0 saturated heterocycles. The van der Waals surface area contributed by atoms with Gasteiger partial charge in [0.2, 0.25) is 35.4 Å². The van der Waals surface area contributed by atoms with Crippen molar-refractivity contribution in [3.05, 3.63) is 119 Å². The van der Waals surface area contributed by atoms with E-state index in [1.165, 1.54) is 0 Å². The number of rotatable bonds is 16. The predicted octanol–water partition coefficient (Wildman–Crippen LogP) is 8.36. The molecule has 10 nitrogen and oxygen atoms in total. The number of hydrazone groups is 3. The maximum Gasteiger partial charge on any atom is 0.540 e. The third-order valence-corrected chi connectivity index (χ3v) is 11.9. The molecule has 0 saturated carbocycles. The van der Waals surface area contributed by atoms with E-state index in [9.17, 15) is 0 Å². The van der Waals surface area contributed by atoms with Crippen LogP contribution in [0.2, 0.25) is 0 Å². The lowest BCUT2D eigenvalue weighted by Gasteiger charge is -2.04. The molecule has 16 heteroatoms. The van der Waals surface area contributed by atoms with Crippen molar-refractivity contribution in [2.75, 3.05) is 28.3 Å². The Morgan fingerprint density at radius 1 is 0.479 bits per heavy atom. The molecular weight excluding hydrogens is 722 g/mol. The SMILES string of the molecule is COc1ccc(/C=N/N(C)[P+](=S)Oc2ccc(/C=N/N(C)[P+](=S)Oc3ccc(/C=N/N(C)[P+](=S)Oc4ccc(C)cc4)cc3)cc2)cc1. The summed E-state index contributed by atoms with van der Waals surface area (Å²) in [6.07, 6.45) is 5.16. The monoisotopic (exact) mass is 755 g/mol. The fraction of sp³-hybridized carbons (Fsp3) is 0.156. The van der Waals surface area contributed by atoms with Gasteiger partial charge in [-0.1, -0.05) is 32.0 Å². The first-order chi connectivity index (χ1) is 23.1. The maximum atomic E-state index is 5.95. The molecule has 0 bridgehead atoms. The summed E-state index contributed by atoms with van der Waals surface area (Å²) in [6, 6.07) is 30.3. The van der Waals surface area contributed by atoms with Crippen LogP contribution in [0.1, 0.15) is 22.3 Å². The zero-order valence-electron chi connectivity index (χ0n) is 26.9. The van der Waals surface area contributed by atoms with Crippen LogP contribution in [-0.4, -0.2) is 61.2 Å². The fourth-order valence-corrected chi connectivity index (χ4v) is 6.37. The number of nitrogens with zero attached hydrogens (tertiary/aromatic N) is 6. The lowest BCUT2D eigenvalue weighted by molar-refractivity contribution is 0.415. The lowest BCUT2D eigenvalue weighted by Crippen LogP contribution is -2.04. The minimum Gasteiger partial charge on any atom is -0.497 e. The lowest BCUT2D eigenvalue weighted by atomic mass is 10.2. The average Bonchev–Trinajstić information content (AvgIpc) is 3.10. The Hall–Kier alpha value is -3.95. The van der Waals surface area contributed by atoms with Crippen molar-refractivity contribution >= 4 is 75.3 Å². The summed E-state index contributed by atoms with van der Waals surface area (Å²) in [4.78, 5) is 0. The second-order valence-corrected chi connectivity index (χ2v) is 16.4. The maximum absolute atomic E-state index is 5.95. The normalized spacial score (nSPS) is 12.1. The van der Waals surface area contributed by atoms with Crippen molar-refractivity contribution < 1.29 is 18.3 Å². The Bertz CT molecular complexity index is 1790. The highest BCUT2D eigenvalue weighted by atomic mass is 32.4. The minimum absolute atomic E-state index is 0.636. The van der Waals surface area contributed by atoms with Gasteiger partial charge in [-0.3, -0.25) is 13.6 Å². The summed E-state index contributed by atoms with van der Waals surface area (Å²) in [5.74, 6) is 2.79. The van der Waals surface area contributed by atoms with E-state index < -0.39 is 21.2 Å². The van der Waals surface area contributed by atoms with Crippen LogP contribution in [0, 0.1) is 6.92 Å². The Kier molecular flexibility index (Phi) is 14.3. The first-order valence-electron chi connectivity index (χ1n) is 14.3. The average molecular weight is 756 g/mol. The Morgan fingerprint density at radius 3 is 1.04 bits per heavy atom. The minimum atomic E-state index is -1.44. The van der Waals surface area contributed by atoms with Crippen molar-refractivity contribution in [3.63, 3.8) is 0 Å². The van der Waals surface area contributed by atoms with E-state index >= 15 is 0 Å². The molecule has 0 aromatic heterocycles. The molecule has 0 aliphatic rings. The number of benzene rings is 4. The van der Waals surface area contributed by atoms with Crippen LogP contribution in [0.3, 0.4) is 0 Å². The highest BCUT2D eigenvalue weighted by Gasteiger charge is 2.22. The molecule has 4 rings (SSSR count). The molecule has 0 N–H and O–H groups in total. The van der Waals surface area contributed by atoms with E-state index in [4.69, 9.17) is 53.7 Å². The highest BCUT2D eigenvalue weighted by molar-refractivity contribution is 8.02. The van der Waals surface area contributed by atoms with Crippen molar-refractivity contribution in [2.45, 2.75) is 6.92 Å². The highest BCUT2D eigenvalue weighted by Crippen LogP contribution is 2.33. The van der Waals surface area contributed by atoms with Crippen molar-refractivity contribution in [3.8, 4) is 23.0 Å². The fourth-order valence-electron chi connectivity index (χ4n) is 3.54. The summed E-state index contributed by atoms with van der Waals surface area (Å²) in [6.45, 7) is 2.02. The molecule has 48 heavy (non-hydrogen) atoms. The molecular formula is C32H34N6O4P3S3+3.